The molecule has 1 aliphatic carbocycles. The Morgan fingerprint density at radius 3 is 2.89 bits per heavy atom. The molecule has 0 amide bonds. The van der Waals surface area contributed by atoms with Crippen molar-refractivity contribution in [3.8, 4) is 0 Å². The average Bonchev–Trinajstić information content (AvgIpc) is 3.00. The molecular weight excluding hydrogens is 302 g/mol. The lowest BCUT2D eigenvalue weighted by molar-refractivity contribution is -0.136. The first kappa shape index (κ1) is 13.0. The van der Waals surface area contributed by atoms with Gasteiger partial charge in [0.05, 0.1) is 12.1 Å². The van der Waals surface area contributed by atoms with Crippen molar-refractivity contribution < 1.29 is 9.90 Å². The lowest BCUT2D eigenvalue weighted by atomic mass is 10.3. The number of aromatic nitrogens is 3. The molecule has 1 fully saturated rings. The van der Waals surface area contributed by atoms with Crippen LogP contribution in [0.25, 0.3) is 0 Å². The number of hydrogen-bond acceptors (Lipinski definition) is 7. The van der Waals surface area contributed by atoms with Gasteiger partial charge in [0.2, 0.25) is 0 Å². The maximum absolute atomic E-state index is 10.7. The highest BCUT2D eigenvalue weighted by molar-refractivity contribution is 8.02. The molecule has 1 N–H and O–H groups in total. The first-order valence-corrected chi connectivity index (χ1v) is 8.22. The molecule has 0 atom stereocenters. The van der Waals surface area contributed by atoms with Crippen molar-refractivity contribution >= 4 is 40.6 Å². The van der Waals surface area contributed by atoms with Crippen molar-refractivity contribution in [2.24, 2.45) is 0 Å². The summed E-state index contributed by atoms with van der Waals surface area (Å²) in [5.74, 6) is 0.688. The van der Waals surface area contributed by atoms with Crippen molar-refractivity contribution in [2.45, 2.75) is 40.8 Å². The van der Waals surface area contributed by atoms with Gasteiger partial charge in [-0.25, -0.2) is 9.97 Å². The van der Waals surface area contributed by atoms with Gasteiger partial charge in [-0.2, -0.15) is 4.37 Å². The topological polar surface area (TPSA) is 76.0 Å². The summed E-state index contributed by atoms with van der Waals surface area (Å²) in [4.78, 5) is 20.4. The van der Waals surface area contributed by atoms with Gasteiger partial charge in [-0.05, 0) is 43.1 Å². The van der Waals surface area contributed by atoms with E-state index >= 15 is 0 Å². The van der Waals surface area contributed by atoms with Gasteiger partial charge in [0.15, 0.2) is 8.68 Å². The molecule has 0 aliphatic heterocycles. The van der Waals surface area contributed by atoms with Gasteiger partial charge in [-0.15, -0.1) is 11.3 Å². The van der Waals surface area contributed by atoms with Gasteiger partial charge in [0.25, 0.3) is 0 Å². The first-order chi connectivity index (χ1) is 9.11. The van der Waals surface area contributed by atoms with E-state index in [1.54, 1.807) is 0 Å². The minimum absolute atomic E-state index is 0.0352. The molecule has 100 valence electrons. The van der Waals surface area contributed by atoms with Crippen LogP contribution in [0.4, 0.5) is 0 Å². The van der Waals surface area contributed by atoms with Crippen LogP contribution in [0.3, 0.4) is 0 Å². The smallest absolute Gasteiger partial charge is 0.308 e. The van der Waals surface area contributed by atoms with E-state index in [9.17, 15) is 4.79 Å². The molecule has 0 radical (unpaired) electrons. The van der Waals surface area contributed by atoms with Gasteiger partial charge in [0.1, 0.15) is 5.82 Å². The van der Waals surface area contributed by atoms with Crippen LogP contribution in [0, 0.1) is 6.92 Å². The van der Waals surface area contributed by atoms with Crippen LogP contribution in [0.2, 0.25) is 0 Å². The molecule has 2 heterocycles. The normalized spacial score (nSPS) is 14.8. The zero-order valence-electron chi connectivity index (χ0n) is 10.1. The molecule has 0 unspecified atom stereocenters. The number of hydrogen-bond donors (Lipinski definition) is 1. The lowest BCUT2D eigenvalue weighted by Gasteiger charge is -1.89. The zero-order chi connectivity index (χ0) is 13.4. The van der Waals surface area contributed by atoms with Crippen molar-refractivity contribution in [3.63, 3.8) is 0 Å². The highest BCUT2D eigenvalue weighted by Gasteiger charge is 2.28. The van der Waals surface area contributed by atoms with Crippen LogP contribution in [0.15, 0.2) is 8.68 Å². The second-order valence-corrected chi connectivity index (χ2v) is 7.68. The molecule has 1 saturated carbocycles. The number of carboxylic acid groups (broad SMARTS) is 1. The molecule has 0 aromatic carbocycles. The maximum Gasteiger partial charge on any atom is 0.308 e. The second kappa shape index (κ2) is 5.18. The standard InChI is InChI=1S/C11H11N3O2S3/c1-5-7(4-8(15)16)17-10(12-5)18-11-13-9(14-19-11)6-2-3-6/h6H,2-4H2,1H3,(H,15,16). The fourth-order valence-electron chi connectivity index (χ4n) is 1.59. The lowest BCUT2D eigenvalue weighted by Crippen LogP contribution is -1.99. The molecule has 2 aromatic heterocycles. The molecule has 3 rings (SSSR count). The second-order valence-electron chi connectivity index (χ2n) is 4.35. The quantitative estimate of drug-likeness (QED) is 0.914. The Hall–Kier alpha value is -0.990. The molecule has 0 spiro atoms. The molecular formula is C11H11N3O2S3. The minimum Gasteiger partial charge on any atom is -0.481 e. The summed E-state index contributed by atoms with van der Waals surface area (Å²) in [6.45, 7) is 1.84. The van der Waals surface area contributed by atoms with E-state index in [-0.39, 0.29) is 6.42 Å². The fourth-order valence-corrected chi connectivity index (χ4v) is 4.70. The Morgan fingerprint density at radius 1 is 1.42 bits per heavy atom. The monoisotopic (exact) mass is 313 g/mol. The summed E-state index contributed by atoms with van der Waals surface area (Å²) in [6, 6.07) is 0. The molecule has 0 saturated heterocycles. The minimum atomic E-state index is -0.824. The number of carboxylic acids is 1. The van der Waals surface area contributed by atoms with Crippen molar-refractivity contribution in [2.75, 3.05) is 0 Å². The average molecular weight is 313 g/mol. The fraction of sp³-hybridized carbons (Fsp3) is 0.455. The summed E-state index contributed by atoms with van der Waals surface area (Å²) in [5, 5.41) is 8.81. The number of rotatable bonds is 5. The number of aliphatic carboxylic acids is 1. The van der Waals surface area contributed by atoms with E-state index in [0.717, 1.165) is 25.1 Å². The SMILES string of the molecule is Cc1nc(Sc2nc(C3CC3)ns2)sc1CC(=O)O. The molecule has 8 heteroatoms. The van der Waals surface area contributed by atoms with E-state index in [1.165, 1.54) is 47.5 Å². The Morgan fingerprint density at radius 2 is 2.21 bits per heavy atom. The third-order valence-corrected chi connectivity index (χ3v) is 5.71. The molecule has 5 nitrogen and oxygen atoms in total. The number of carbonyl (C=O) groups is 1. The Labute approximate surface area is 122 Å². The highest BCUT2D eigenvalue weighted by atomic mass is 32.2. The van der Waals surface area contributed by atoms with Crippen molar-refractivity contribution in [3.05, 3.63) is 16.4 Å². The zero-order valence-corrected chi connectivity index (χ0v) is 12.6. The van der Waals surface area contributed by atoms with E-state index in [2.05, 4.69) is 14.3 Å². The first-order valence-electron chi connectivity index (χ1n) is 5.81. The number of aryl methyl sites for hydroxylation is 1. The van der Waals surface area contributed by atoms with E-state index in [1.807, 2.05) is 6.92 Å². The summed E-state index contributed by atoms with van der Waals surface area (Å²) >= 11 is 4.29. The third kappa shape index (κ3) is 3.13. The Bertz CT molecular complexity index is 618. The van der Waals surface area contributed by atoms with Crippen molar-refractivity contribution in [1.82, 2.24) is 14.3 Å². The van der Waals surface area contributed by atoms with Gasteiger partial charge >= 0.3 is 5.97 Å². The van der Waals surface area contributed by atoms with Crippen LogP contribution >= 0.6 is 34.6 Å². The largest absolute Gasteiger partial charge is 0.481 e. The number of thiazole rings is 1. The predicted octanol–water partition coefficient (Wildman–Crippen LogP) is 2.96. The number of nitrogens with zero attached hydrogens (tertiary/aromatic N) is 3. The van der Waals surface area contributed by atoms with Crippen LogP contribution in [0.1, 0.15) is 35.2 Å². The van der Waals surface area contributed by atoms with Crippen molar-refractivity contribution in [1.29, 1.82) is 0 Å². The summed E-state index contributed by atoms with van der Waals surface area (Å²) < 4.78 is 6.07. The third-order valence-electron chi connectivity index (χ3n) is 2.73. The maximum atomic E-state index is 10.7. The summed E-state index contributed by atoms with van der Waals surface area (Å²) in [7, 11) is 0. The highest BCUT2D eigenvalue weighted by Crippen LogP contribution is 2.41. The molecule has 2 aromatic rings. The van der Waals surface area contributed by atoms with Gasteiger partial charge in [-0.1, -0.05) is 0 Å². The van der Waals surface area contributed by atoms with E-state index < -0.39 is 5.97 Å². The predicted molar refractivity (Wildman–Crippen MR) is 74.2 cm³/mol. The van der Waals surface area contributed by atoms with Gasteiger partial charge in [-0.3, -0.25) is 4.79 Å². The Balaban J connectivity index is 1.72. The molecule has 0 bridgehead atoms. The van der Waals surface area contributed by atoms with Gasteiger partial charge in [0, 0.05) is 10.8 Å². The van der Waals surface area contributed by atoms with E-state index in [0.29, 0.717) is 5.92 Å². The summed E-state index contributed by atoms with van der Waals surface area (Å²) in [5.41, 5.74) is 0.793. The van der Waals surface area contributed by atoms with Crippen LogP contribution in [-0.4, -0.2) is 25.4 Å². The van der Waals surface area contributed by atoms with Crippen LogP contribution in [-0.2, 0) is 11.2 Å². The molecule has 1 aliphatic rings. The van der Waals surface area contributed by atoms with Crippen LogP contribution in [0.5, 0.6) is 0 Å². The Kier molecular flexibility index (Phi) is 3.55. The summed E-state index contributed by atoms with van der Waals surface area (Å²) in [6.07, 6.45) is 2.42. The van der Waals surface area contributed by atoms with Gasteiger partial charge < -0.3 is 5.11 Å². The van der Waals surface area contributed by atoms with Crippen LogP contribution < -0.4 is 0 Å². The van der Waals surface area contributed by atoms with E-state index in [4.69, 9.17) is 5.11 Å². The molecule has 19 heavy (non-hydrogen) atoms.